The van der Waals surface area contributed by atoms with E-state index in [-0.39, 0.29) is 19.6 Å². The first-order valence-corrected chi connectivity index (χ1v) is 9.85. The number of esters is 1. The molecular formula is C21H18N2O5S. The SMILES string of the molecule is COc1cccc(-c2nc(COC(=O)CCn3c(=O)oc4ccccc43)cs2)c1. The van der Waals surface area contributed by atoms with Gasteiger partial charge in [0.15, 0.2) is 5.58 Å². The van der Waals surface area contributed by atoms with Crippen LogP contribution in [0.3, 0.4) is 0 Å². The topological polar surface area (TPSA) is 83.6 Å². The molecule has 148 valence electrons. The fraction of sp³-hybridized carbons (Fsp3) is 0.190. The zero-order valence-corrected chi connectivity index (χ0v) is 16.5. The Kier molecular flexibility index (Phi) is 5.44. The molecule has 0 bridgehead atoms. The number of benzene rings is 2. The number of ether oxygens (including phenoxy) is 2. The minimum Gasteiger partial charge on any atom is -0.497 e. The van der Waals surface area contributed by atoms with E-state index in [1.165, 1.54) is 15.9 Å². The van der Waals surface area contributed by atoms with Crippen LogP contribution in [0.25, 0.3) is 21.7 Å². The van der Waals surface area contributed by atoms with E-state index < -0.39 is 11.7 Å². The molecule has 7 nitrogen and oxygen atoms in total. The first kappa shape index (κ1) is 18.9. The van der Waals surface area contributed by atoms with Crippen LogP contribution in [0.4, 0.5) is 0 Å². The molecule has 0 aliphatic rings. The van der Waals surface area contributed by atoms with Crippen LogP contribution in [0.15, 0.2) is 63.1 Å². The molecule has 0 unspecified atom stereocenters. The van der Waals surface area contributed by atoms with Gasteiger partial charge in [0.1, 0.15) is 17.4 Å². The molecule has 0 radical (unpaired) electrons. The van der Waals surface area contributed by atoms with Gasteiger partial charge in [-0.3, -0.25) is 9.36 Å². The minimum atomic E-state index is -0.485. The Hall–Kier alpha value is -3.39. The van der Waals surface area contributed by atoms with Crippen molar-refractivity contribution in [3.8, 4) is 16.3 Å². The highest BCUT2D eigenvalue weighted by atomic mass is 32.1. The van der Waals surface area contributed by atoms with Crippen LogP contribution in [0.5, 0.6) is 5.75 Å². The number of para-hydroxylation sites is 2. The van der Waals surface area contributed by atoms with Crippen LogP contribution >= 0.6 is 11.3 Å². The smallest absolute Gasteiger partial charge is 0.419 e. The Morgan fingerprint density at radius 3 is 2.93 bits per heavy atom. The van der Waals surface area contributed by atoms with Crippen LogP contribution in [0.1, 0.15) is 12.1 Å². The molecule has 2 heterocycles. The van der Waals surface area contributed by atoms with Gasteiger partial charge in [-0.05, 0) is 24.3 Å². The molecule has 0 amide bonds. The predicted octanol–water partition coefficient (Wildman–Crippen LogP) is 3.86. The lowest BCUT2D eigenvalue weighted by Gasteiger charge is -2.04. The second-order valence-corrected chi connectivity index (χ2v) is 7.13. The van der Waals surface area contributed by atoms with Gasteiger partial charge >= 0.3 is 11.7 Å². The summed E-state index contributed by atoms with van der Waals surface area (Å²) in [4.78, 5) is 28.6. The van der Waals surface area contributed by atoms with E-state index in [9.17, 15) is 9.59 Å². The number of thiazole rings is 1. The van der Waals surface area contributed by atoms with Crippen LogP contribution in [-0.4, -0.2) is 22.6 Å². The van der Waals surface area contributed by atoms with Crippen molar-refractivity contribution in [2.24, 2.45) is 0 Å². The third kappa shape index (κ3) is 4.22. The average molecular weight is 410 g/mol. The summed E-state index contributed by atoms with van der Waals surface area (Å²) in [6.45, 7) is 0.279. The van der Waals surface area contributed by atoms with E-state index in [0.717, 1.165) is 16.3 Å². The molecule has 0 spiro atoms. The van der Waals surface area contributed by atoms with Gasteiger partial charge < -0.3 is 13.9 Å². The van der Waals surface area contributed by atoms with Crippen molar-refractivity contribution in [1.82, 2.24) is 9.55 Å². The van der Waals surface area contributed by atoms with Crippen molar-refractivity contribution in [2.45, 2.75) is 19.6 Å². The molecule has 0 saturated heterocycles. The van der Waals surface area contributed by atoms with E-state index in [1.54, 1.807) is 25.3 Å². The number of aromatic nitrogens is 2. The zero-order chi connectivity index (χ0) is 20.2. The number of carbonyl (C=O) groups excluding carboxylic acids is 1. The molecule has 0 aliphatic carbocycles. The molecule has 0 saturated carbocycles. The number of aryl methyl sites for hydroxylation is 1. The molecule has 2 aromatic heterocycles. The first-order chi connectivity index (χ1) is 14.1. The van der Waals surface area contributed by atoms with Gasteiger partial charge in [-0.2, -0.15) is 0 Å². The summed E-state index contributed by atoms with van der Waals surface area (Å²) in [5.41, 5.74) is 2.77. The lowest BCUT2D eigenvalue weighted by molar-refractivity contribution is -0.145. The number of hydrogen-bond donors (Lipinski definition) is 0. The lowest BCUT2D eigenvalue weighted by Crippen LogP contribution is -2.17. The Balaban J connectivity index is 1.35. The molecule has 0 N–H and O–H groups in total. The number of oxazole rings is 1. The summed E-state index contributed by atoms with van der Waals surface area (Å²) in [5.74, 6) is -0.132. The molecule has 2 aromatic carbocycles. The molecule has 8 heteroatoms. The van der Waals surface area contributed by atoms with Crippen molar-refractivity contribution in [2.75, 3.05) is 7.11 Å². The summed E-state index contributed by atoms with van der Waals surface area (Å²) in [6.07, 6.45) is 0.0658. The van der Waals surface area contributed by atoms with Gasteiger partial charge in [-0.15, -0.1) is 11.3 Å². The highest BCUT2D eigenvalue weighted by Gasteiger charge is 2.12. The third-order valence-electron chi connectivity index (χ3n) is 4.36. The molecular weight excluding hydrogens is 392 g/mol. The second-order valence-electron chi connectivity index (χ2n) is 6.27. The summed E-state index contributed by atoms with van der Waals surface area (Å²) >= 11 is 1.47. The number of nitrogens with zero attached hydrogens (tertiary/aromatic N) is 2. The summed E-state index contributed by atoms with van der Waals surface area (Å²) in [5, 5.41) is 2.68. The molecule has 4 aromatic rings. The van der Waals surface area contributed by atoms with Crippen molar-refractivity contribution in [1.29, 1.82) is 0 Å². The quantitative estimate of drug-likeness (QED) is 0.430. The maximum Gasteiger partial charge on any atom is 0.419 e. The van der Waals surface area contributed by atoms with Gasteiger partial charge in [0.05, 0.1) is 24.7 Å². The number of methoxy groups -OCH3 is 1. The Morgan fingerprint density at radius 1 is 1.21 bits per heavy atom. The van der Waals surface area contributed by atoms with Gasteiger partial charge in [0, 0.05) is 17.5 Å². The molecule has 29 heavy (non-hydrogen) atoms. The third-order valence-corrected chi connectivity index (χ3v) is 5.30. The summed E-state index contributed by atoms with van der Waals surface area (Å²) < 4.78 is 17.1. The second kappa shape index (κ2) is 8.32. The van der Waals surface area contributed by atoms with Crippen molar-refractivity contribution < 1.29 is 18.7 Å². The fourth-order valence-electron chi connectivity index (χ4n) is 2.92. The monoisotopic (exact) mass is 410 g/mol. The highest BCUT2D eigenvalue weighted by Crippen LogP contribution is 2.27. The molecule has 0 aliphatic heterocycles. The standard InChI is InChI=1S/C21H18N2O5S/c1-26-16-6-4-5-14(11-16)20-22-15(13-29-20)12-27-19(24)9-10-23-17-7-2-3-8-18(17)28-21(23)25/h2-8,11,13H,9-10,12H2,1H3. The maximum absolute atomic E-state index is 12.1. The zero-order valence-electron chi connectivity index (χ0n) is 15.7. The van der Waals surface area contributed by atoms with E-state index >= 15 is 0 Å². The van der Waals surface area contributed by atoms with Crippen molar-refractivity contribution in [3.63, 3.8) is 0 Å². The Bertz CT molecular complexity index is 1210. The molecule has 4 rings (SSSR count). The van der Waals surface area contributed by atoms with Crippen molar-refractivity contribution >= 4 is 28.4 Å². The van der Waals surface area contributed by atoms with Gasteiger partial charge in [0.2, 0.25) is 0 Å². The normalized spacial score (nSPS) is 10.9. The van der Waals surface area contributed by atoms with E-state index in [1.807, 2.05) is 35.7 Å². The van der Waals surface area contributed by atoms with E-state index in [4.69, 9.17) is 13.9 Å². The number of carbonyl (C=O) groups is 1. The Morgan fingerprint density at radius 2 is 2.07 bits per heavy atom. The van der Waals surface area contributed by atoms with Crippen LogP contribution in [0.2, 0.25) is 0 Å². The number of rotatable bonds is 7. The molecule has 0 fully saturated rings. The minimum absolute atomic E-state index is 0.0658. The van der Waals surface area contributed by atoms with Gasteiger partial charge in [-0.25, -0.2) is 9.78 Å². The van der Waals surface area contributed by atoms with E-state index in [0.29, 0.717) is 16.8 Å². The summed E-state index contributed by atoms with van der Waals surface area (Å²) in [7, 11) is 1.62. The predicted molar refractivity (Wildman–Crippen MR) is 109 cm³/mol. The lowest BCUT2D eigenvalue weighted by atomic mass is 10.2. The number of fused-ring (bicyclic) bond motifs is 1. The summed E-state index contributed by atoms with van der Waals surface area (Å²) in [6, 6.07) is 14.7. The van der Waals surface area contributed by atoms with Crippen LogP contribution in [-0.2, 0) is 22.7 Å². The maximum atomic E-state index is 12.1. The highest BCUT2D eigenvalue weighted by molar-refractivity contribution is 7.13. The van der Waals surface area contributed by atoms with Crippen LogP contribution < -0.4 is 10.5 Å². The van der Waals surface area contributed by atoms with Crippen LogP contribution in [0, 0.1) is 0 Å². The van der Waals surface area contributed by atoms with Gasteiger partial charge in [0.25, 0.3) is 0 Å². The Labute approximate surface area is 170 Å². The van der Waals surface area contributed by atoms with Gasteiger partial charge in [-0.1, -0.05) is 24.3 Å². The molecule has 0 atom stereocenters. The first-order valence-electron chi connectivity index (χ1n) is 8.97. The average Bonchev–Trinajstić information content (AvgIpc) is 3.34. The largest absolute Gasteiger partial charge is 0.497 e. The van der Waals surface area contributed by atoms with E-state index in [2.05, 4.69) is 4.98 Å². The van der Waals surface area contributed by atoms with Crippen molar-refractivity contribution in [3.05, 3.63) is 70.2 Å². The number of hydrogen-bond acceptors (Lipinski definition) is 7. The fourth-order valence-corrected chi connectivity index (χ4v) is 3.72.